The highest BCUT2D eigenvalue weighted by Crippen LogP contribution is 2.38. The lowest BCUT2D eigenvalue weighted by Gasteiger charge is -2.20. The van der Waals surface area contributed by atoms with Gasteiger partial charge in [-0.1, -0.05) is 54.6 Å². The minimum atomic E-state index is -1.05. The fourth-order valence-corrected chi connectivity index (χ4v) is 4.50. The molecule has 30 heavy (non-hydrogen) atoms. The lowest BCUT2D eigenvalue weighted by Crippen LogP contribution is -2.29. The Morgan fingerprint density at radius 1 is 1.00 bits per heavy atom. The van der Waals surface area contributed by atoms with Crippen molar-refractivity contribution in [3.05, 3.63) is 90.0 Å². The van der Waals surface area contributed by atoms with E-state index in [1.54, 1.807) is 43.5 Å². The normalized spacial score (nSPS) is 15.7. The van der Waals surface area contributed by atoms with Crippen LogP contribution in [0.25, 0.3) is 0 Å². The fourth-order valence-electron chi connectivity index (χ4n) is 3.31. The lowest BCUT2D eigenvalue weighted by atomic mass is 10.1. The predicted molar refractivity (Wildman–Crippen MR) is 117 cm³/mol. The van der Waals surface area contributed by atoms with Crippen LogP contribution in [0, 0.1) is 0 Å². The maximum Gasteiger partial charge on any atom is 0.320 e. The van der Waals surface area contributed by atoms with Crippen molar-refractivity contribution in [1.29, 1.82) is 0 Å². The molecule has 0 spiro atoms. The van der Waals surface area contributed by atoms with Crippen molar-refractivity contribution in [3.8, 4) is 5.75 Å². The first kappa shape index (κ1) is 20.0. The molecule has 4 rings (SSSR count). The van der Waals surface area contributed by atoms with Gasteiger partial charge in [0.25, 0.3) is 5.91 Å². The summed E-state index contributed by atoms with van der Waals surface area (Å²) < 4.78 is 10.9. The number of nitrogens with one attached hydrogen (secondary N) is 1. The van der Waals surface area contributed by atoms with Crippen LogP contribution < -0.4 is 10.1 Å². The van der Waals surface area contributed by atoms with Gasteiger partial charge in [0.05, 0.1) is 7.11 Å². The minimum Gasteiger partial charge on any atom is -0.497 e. The molecule has 1 aliphatic rings. The maximum atomic E-state index is 13.0. The van der Waals surface area contributed by atoms with Crippen molar-refractivity contribution >= 4 is 29.3 Å². The highest BCUT2D eigenvalue weighted by Gasteiger charge is 2.33. The van der Waals surface area contributed by atoms with Crippen LogP contribution in [0.1, 0.15) is 17.2 Å². The number of ether oxygens (including phenoxy) is 2. The van der Waals surface area contributed by atoms with Crippen molar-refractivity contribution in [2.24, 2.45) is 0 Å². The lowest BCUT2D eigenvalue weighted by molar-refractivity contribution is -0.154. The molecule has 2 atom stereocenters. The van der Waals surface area contributed by atoms with Gasteiger partial charge < -0.3 is 14.8 Å². The molecular formula is C24H21NO4S. The molecule has 0 saturated heterocycles. The molecule has 0 radical (unpaired) electrons. The van der Waals surface area contributed by atoms with Gasteiger partial charge in [0.1, 0.15) is 11.0 Å². The summed E-state index contributed by atoms with van der Waals surface area (Å²) in [4.78, 5) is 27.0. The number of esters is 1. The van der Waals surface area contributed by atoms with Gasteiger partial charge in [-0.15, -0.1) is 11.8 Å². The summed E-state index contributed by atoms with van der Waals surface area (Å²) in [6, 6.07) is 24.0. The van der Waals surface area contributed by atoms with E-state index in [2.05, 4.69) is 5.32 Å². The van der Waals surface area contributed by atoms with E-state index in [0.717, 1.165) is 10.5 Å². The standard InChI is InChI=1S/C24H21NO4S/c1-28-19-12-7-11-18(15-19)25-23(26)22(16-8-3-2-4-9-16)29-24(27)21-14-17-10-5-6-13-20(17)30-21/h2-13,15,21-22H,14H2,1H3,(H,25,26). The minimum absolute atomic E-state index is 0.363. The molecule has 1 amide bonds. The number of amides is 1. The van der Waals surface area contributed by atoms with E-state index in [-0.39, 0.29) is 5.25 Å². The highest BCUT2D eigenvalue weighted by molar-refractivity contribution is 8.01. The number of hydrogen-bond donors (Lipinski definition) is 1. The molecule has 5 nitrogen and oxygen atoms in total. The summed E-state index contributed by atoms with van der Waals surface area (Å²) in [6.45, 7) is 0. The Balaban J connectivity index is 1.52. The van der Waals surface area contributed by atoms with Crippen LogP contribution in [0.3, 0.4) is 0 Å². The molecule has 0 bridgehead atoms. The van der Waals surface area contributed by atoms with Gasteiger partial charge in [0, 0.05) is 22.2 Å². The van der Waals surface area contributed by atoms with E-state index in [9.17, 15) is 9.59 Å². The third-order valence-corrected chi connectivity index (χ3v) is 6.12. The predicted octanol–water partition coefficient (Wildman–Crippen LogP) is 4.64. The zero-order chi connectivity index (χ0) is 20.9. The van der Waals surface area contributed by atoms with E-state index in [4.69, 9.17) is 9.47 Å². The zero-order valence-corrected chi connectivity index (χ0v) is 17.2. The van der Waals surface area contributed by atoms with Crippen LogP contribution >= 0.6 is 11.8 Å². The van der Waals surface area contributed by atoms with Gasteiger partial charge in [-0.3, -0.25) is 9.59 Å². The third-order valence-electron chi connectivity index (χ3n) is 4.82. The number of anilines is 1. The van der Waals surface area contributed by atoms with Gasteiger partial charge in [-0.25, -0.2) is 0 Å². The summed E-state index contributed by atoms with van der Waals surface area (Å²) >= 11 is 1.48. The van der Waals surface area contributed by atoms with Crippen LogP contribution in [-0.2, 0) is 20.7 Å². The average Bonchev–Trinajstić information content (AvgIpc) is 3.22. The molecule has 1 N–H and O–H groups in total. The monoisotopic (exact) mass is 419 g/mol. The summed E-state index contributed by atoms with van der Waals surface area (Å²) in [6.07, 6.45) is -0.451. The quantitative estimate of drug-likeness (QED) is 0.590. The largest absolute Gasteiger partial charge is 0.497 e. The van der Waals surface area contributed by atoms with E-state index in [1.165, 1.54) is 11.8 Å². The fraction of sp³-hybridized carbons (Fsp3) is 0.167. The summed E-state index contributed by atoms with van der Waals surface area (Å²) in [5, 5.41) is 2.46. The Morgan fingerprint density at radius 3 is 2.53 bits per heavy atom. The van der Waals surface area contributed by atoms with E-state index in [1.807, 2.05) is 42.5 Å². The Hall–Kier alpha value is -3.25. The van der Waals surface area contributed by atoms with Gasteiger partial charge >= 0.3 is 5.97 Å². The van der Waals surface area contributed by atoms with Gasteiger partial charge in [-0.05, 0) is 30.2 Å². The molecule has 0 aromatic heterocycles. The summed E-state index contributed by atoms with van der Waals surface area (Å²) in [5.41, 5.74) is 2.31. The molecule has 0 saturated carbocycles. The van der Waals surface area contributed by atoms with Gasteiger partial charge in [0.15, 0.2) is 0 Å². The molecule has 3 aromatic carbocycles. The smallest absolute Gasteiger partial charge is 0.320 e. The molecule has 0 aliphatic carbocycles. The van der Waals surface area contributed by atoms with Crippen LogP contribution in [-0.4, -0.2) is 24.2 Å². The van der Waals surface area contributed by atoms with Crippen molar-refractivity contribution in [2.45, 2.75) is 22.7 Å². The number of fused-ring (bicyclic) bond motifs is 1. The van der Waals surface area contributed by atoms with Crippen molar-refractivity contribution in [3.63, 3.8) is 0 Å². The first-order valence-electron chi connectivity index (χ1n) is 9.59. The number of benzene rings is 3. The number of rotatable bonds is 6. The SMILES string of the molecule is COc1cccc(NC(=O)C(OC(=O)C2Cc3ccccc3S2)c2ccccc2)c1. The van der Waals surface area contributed by atoms with Crippen LogP contribution in [0.2, 0.25) is 0 Å². The van der Waals surface area contributed by atoms with Gasteiger partial charge in [-0.2, -0.15) is 0 Å². The van der Waals surface area contributed by atoms with E-state index >= 15 is 0 Å². The molecule has 1 aliphatic heterocycles. The second-order valence-electron chi connectivity index (χ2n) is 6.87. The number of carbonyl (C=O) groups excluding carboxylic acids is 2. The summed E-state index contributed by atoms with van der Waals surface area (Å²) in [5.74, 6) is -0.185. The Labute approximate surface area is 179 Å². The molecule has 3 aromatic rings. The van der Waals surface area contributed by atoms with Crippen molar-refractivity contribution < 1.29 is 19.1 Å². The maximum absolute atomic E-state index is 13.0. The second-order valence-corrected chi connectivity index (χ2v) is 8.11. The van der Waals surface area contributed by atoms with Crippen LogP contribution in [0.4, 0.5) is 5.69 Å². The van der Waals surface area contributed by atoms with Gasteiger partial charge in [0.2, 0.25) is 6.10 Å². The molecule has 1 heterocycles. The molecule has 2 unspecified atom stereocenters. The van der Waals surface area contributed by atoms with Crippen molar-refractivity contribution in [1.82, 2.24) is 0 Å². The number of hydrogen-bond acceptors (Lipinski definition) is 5. The Morgan fingerprint density at radius 2 is 1.77 bits per heavy atom. The number of thioether (sulfide) groups is 1. The van der Waals surface area contributed by atoms with Crippen LogP contribution in [0.5, 0.6) is 5.75 Å². The second kappa shape index (κ2) is 9.05. The van der Waals surface area contributed by atoms with Crippen molar-refractivity contribution in [2.75, 3.05) is 12.4 Å². The topological polar surface area (TPSA) is 64.6 Å². The van der Waals surface area contributed by atoms with Crippen LogP contribution in [0.15, 0.2) is 83.8 Å². The number of carbonyl (C=O) groups is 2. The molecular weight excluding hydrogens is 398 g/mol. The molecule has 6 heteroatoms. The molecule has 152 valence electrons. The highest BCUT2D eigenvalue weighted by atomic mass is 32.2. The number of methoxy groups -OCH3 is 1. The Kier molecular flexibility index (Phi) is 6.05. The summed E-state index contributed by atoms with van der Waals surface area (Å²) in [7, 11) is 1.56. The Bertz CT molecular complexity index is 1030. The van der Waals surface area contributed by atoms with E-state index < -0.39 is 18.0 Å². The first-order chi connectivity index (χ1) is 14.6. The average molecular weight is 420 g/mol. The van der Waals surface area contributed by atoms with E-state index in [0.29, 0.717) is 23.4 Å². The molecule has 0 fully saturated rings. The zero-order valence-electron chi connectivity index (χ0n) is 16.4. The first-order valence-corrected chi connectivity index (χ1v) is 10.5. The third kappa shape index (κ3) is 4.49.